The summed E-state index contributed by atoms with van der Waals surface area (Å²) in [5, 5.41) is 0.0163. The molecule has 1 fully saturated rings. The SMILES string of the molecule is C=CC[C@@H](OC(=O)C=C)[C@@H](OCc1ccc(OC)cc1)[C@H]1C[C@@H]1C(=O)[C@H](C)O[Si](C)(C)C(C)(C)C. The maximum Gasteiger partial charge on any atom is 0.330 e. The highest BCUT2D eigenvalue weighted by atomic mass is 28.4. The van der Waals surface area contributed by atoms with Gasteiger partial charge in [0, 0.05) is 18.4 Å². The number of hydrogen-bond donors (Lipinski definition) is 0. The smallest absolute Gasteiger partial charge is 0.330 e. The van der Waals surface area contributed by atoms with Crippen LogP contribution >= 0.6 is 0 Å². The Bertz CT molecular complexity index is 886. The van der Waals surface area contributed by atoms with Crippen LogP contribution in [0.5, 0.6) is 5.75 Å². The van der Waals surface area contributed by atoms with Crippen molar-refractivity contribution in [2.24, 2.45) is 11.8 Å². The second-order valence-corrected chi connectivity index (χ2v) is 15.5. The number of benzene rings is 1. The first kappa shape index (κ1) is 29.0. The molecule has 1 saturated carbocycles. The molecule has 1 aliphatic carbocycles. The van der Waals surface area contributed by atoms with Crippen LogP contribution in [0.4, 0.5) is 0 Å². The van der Waals surface area contributed by atoms with Gasteiger partial charge in [0.25, 0.3) is 0 Å². The maximum absolute atomic E-state index is 13.3. The third kappa shape index (κ3) is 7.89. The van der Waals surface area contributed by atoms with E-state index in [2.05, 4.69) is 47.0 Å². The fourth-order valence-corrected chi connectivity index (χ4v) is 5.27. The largest absolute Gasteiger partial charge is 0.497 e. The molecule has 194 valence electrons. The quantitative estimate of drug-likeness (QED) is 0.137. The van der Waals surface area contributed by atoms with Crippen LogP contribution in [0.2, 0.25) is 18.1 Å². The molecule has 0 N–H and O–H groups in total. The Morgan fingerprint density at radius 2 is 1.80 bits per heavy atom. The molecule has 2 rings (SSSR count). The van der Waals surface area contributed by atoms with Gasteiger partial charge < -0.3 is 18.6 Å². The number of esters is 1. The number of carbonyl (C=O) groups is 2. The number of ketones is 1. The molecule has 6 nitrogen and oxygen atoms in total. The van der Waals surface area contributed by atoms with E-state index in [1.807, 2.05) is 31.2 Å². The minimum Gasteiger partial charge on any atom is -0.497 e. The van der Waals surface area contributed by atoms with Crippen LogP contribution in [0.25, 0.3) is 0 Å². The number of methoxy groups -OCH3 is 1. The second-order valence-electron chi connectivity index (χ2n) is 10.8. The van der Waals surface area contributed by atoms with E-state index in [1.165, 1.54) is 0 Å². The molecule has 0 aliphatic heterocycles. The minimum atomic E-state index is -2.08. The lowest BCUT2D eigenvalue weighted by molar-refractivity contribution is -0.154. The first-order valence-corrected chi connectivity index (χ1v) is 15.2. The summed E-state index contributed by atoms with van der Waals surface area (Å²) in [5.74, 6) is 0.0795. The molecule has 0 spiro atoms. The van der Waals surface area contributed by atoms with Crippen molar-refractivity contribution in [3.8, 4) is 5.75 Å². The van der Waals surface area contributed by atoms with E-state index < -0.39 is 32.6 Å². The lowest BCUT2D eigenvalue weighted by atomic mass is 10.0. The van der Waals surface area contributed by atoms with Gasteiger partial charge in [-0.25, -0.2) is 4.79 Å². The van der Waals surface area contributed by atoms with Gasteiger partial charge in [0.15, 0.2) is 14.1 Å². The first-order chi connectivity index (χ1) is 16.3. The topological polar surface area (TPSA) is 71.1 Å². The van der Waals surface area contributed by atoms with Gasteiger partial charge in [0.1, 0.15) is 18.0 Å². The van der Waals surface area contributed by atoms with Crippen molar-refractivity contribution >= 4 is 20.1 Å². The zero-order valence-electron chi connectivity index (χ0n) is 22.3. The van der Waals surface area contributed by atoms with Crippen LogP contribution in [-0.2, 0) is 30.1 Å². The summed E-state index contributed by atoms with van der Waals surface area (Å²) >= 11 is 0. The summed E-state index contributed by atoms with van der Waals surface area (Å²) in [6.45, 7) is 20.3. The summed E-state index contributed by atoms with van der Waals surface area (Å²) in [5.41, 5.74) is 0.960. The first-order valence-electron chi connectivity index (χ1n) is 12.2. The fraction of sp³-hybridized carbons (Fsp3) is 0.571. The second kappa shape index (κ2) is 12.1. The van der Waals surface area contributed by atoms with E-state index >= 15 is 0 Å². The molecule has 0 unspecified atom stereocenters. The van der Waals surface area contributed by atoms with Gasteiger partial charge in [0.2, 0.25) is 0 Å². The maximum atomic E-state index is 13.3. The molecule has 0 radical (unpaired) electrons. The molecule has 0 aromatic heterocycles. The van der Waals surface area contributed by atoms with Gasteiger partial charge in [-0.3, -0.25) is 4.79 Å². The monoisotopic (exact) mass is 502 g/mol. The van der Waals surface area contributed by atoms with Crippen LogP contribution in [-0.4, -0.2) is 45.5 Å². The summed E-state index contributed by atoms with van der Waals surface area (Å²) in [6, 6.07) is 7.60. The Balaban J connectivity index is 2.17. The molecule has 0 saturated heterocycles. The number of hydrogen-bond acceptors (Lipinski definition) is 6. The van der Waals surface area contributed by atoms with Gasteiger partial charge >= 0.3 is 5.97 Å². The Hall–Kier alpha value is -2.22. The van der Waals surface area contributed by atoms with Crippen molar-refractivity contribution in [3.63, 3.8) is 0 Å². The third-order valence-corrected chi connectivity index (χ3v) is 11.7. The Morgan fingerprint density at radius 1 is 1.17 bits per heavy atom. The number of ether oxygens (including phenoxy) is 3. The Labute approximate surface area is 211 Å². The molecular weight excluding hydrogens is 460 g/mol. The predicted molar refractivity (Wildman–Crippen MR) is 141 cm³/mol. The van der Waals surface area contributed by atoms with Crippen molar-refractivity contribution in [2.45, 2.75) is 83.6 Å². The number of carbonyl (C=O) groups excluding carboxylic acids is 2. The van der Waals surface area contributed by atoms with Crippen molar-refractivity contribution < 1.29 is 28.2 Å². The molecule has 1 aromatic rings. The van der Waals surface area contributed by atoms with E-state index in [1.54, 1.807) is 13.2 Å². The standard InChI is InChI=1S/C28H42O6Si/c1-10-12-24(33-25(29)11-2)27(32-18-20-13-15-21(31-7)16-14-20)23-17-22(23)26(30)19(3)34-35(8,9)28(4,5)6/h10-11,13-16,19,22-24,27H,1-2,12,17-18H2,3-9H3/t19-,22-,23-,24+,27-/m0/s1. The van der Waals surface area contributed by atoms with E-state index in [-0.39, 0.29) is 22.7 Å². The van der Waals surface area contributed by atoms with Crippen LogP contribution < -0.4 is 4.74 Å². The van der Waals surface area contributed by atoms with Crippen LogP contribution in [0.1, 0.15) is 46.1 Å². The van der Waals surface area contributed by atoms with Crippen LogP contribution in [0, 0.1) is 11.8 Å². The zero-order chi connectivity index (χ0) is 26.4. The third-order valence-electron chi connectivity index (χ3n) is 7.11. The number of Topliss-reactive ketones (excluding diaryl/α,β-unsaturated/α-hetero) is 1. The van der Waals surface area contributed by atoms with Gasteiger partial charge in [-0.2, -0.15) is 0 Å². The normalized spacial score (nSPS) is 20.3. The molecule has 7 heteroatoms. The van der Waals surface area contributed by atoms with Crippen LogP contribution in [0.3, 0.4) is 0 Å². The van der Waals surface area contributed by atoms with Crippen molar-refractivity contribution in [3.05, 3.63) is 55.1 Å². The molecule has 0 bridgehead atoms. The van der Waals surface area contributed by atoms with E-state index in [0.717, 1.165) is 17.4 Å². The molecule has 0 heterocycles. The molecule has 35 heavy (non-hydrogen) atoms. The molecule has 1 aliphatic rings. The summed E-state index contributed by atoms with van der Waals surface area (Å²) in [6.07, 6.45) is 2.44. The predicted octanol–water partition coefficient (Wildman–Crippen LogP) is 5.87. The van der Waals surface area contributed by atoms with Crippen LogP contribution in [0.15, 0.2) is 49.6 Å². The fourth-order valence-electron chi connectivity index (χ4n) is 3.91. The molecule has 5 atom stereocenters. The molecular formula is C28H42O6Si. The lowest BCUT2D eigenvalue weighted by Gasteiger charge is -2.38. The Kier molecular flexibility index (Phi) is 10.1. The summed E-state index contributed by atoms with van der Waals surface area (Å²) in [7, 11) is -0.462. The summed E-state index contributed by atoms with van der Waals surface area (Å²) in [4.78, 5) is 25.3. The highest BCUT2D eigenvalue weighted by Crippen LogP contribution is 2.47. The van der Waals surface area contributed by atoms with Crippen molar-refractivity contribution in [1.82, 2.24) is 0 Å². The highest BCUT2D eigenvalue weighted by molar-refractivity contribution is 6.74. The van der Waals surface area contributed by atoms with Gasteiger partial charge in [-0.05, 0) is 55.1 Å². The van der Waals surface area contributed by atoms with Gasteiger partial charge in [-0.15, -0.1) is 6.58 Å². The van der Waals surface area contributed by atoms with Crippen molar-refractivity contribution in [1.29, 1.82) is 0 Å². The van der Waals surface area contributed by atoms with Crippen molar-refractivity contribution in [2.75, 3.05) is 7.11 Å². The van der Waals surface area contributed by atoms with Gasteiger partial charge in [-0.1, -0.05) is 45.6 Å². The number of rotatable bonds is 14. The zero-order valence-corrected chi connectivity index (χ0v) is 23.3. The van der Waals surface area contributed by atoms with E-state index in [9.17, 15) is 9.59 Å². The average Bonchev–Trinajstić information content (AvgIpc) is 3.58. The molecule has 1 aromatic carbocycles. The minimum absolute atomic E-state index is 0.0163. The van der Waals surface area contributed by atoms with E-state index in [0.29, 0.717) is 19.4 Å². The molecule has 0 amide bonds. The average molecular weight is 503 g/mol. The lowest BCUT2D eigenvalue weighted by Crippen LogP contribution is -2.45. The summed E-state index contributed by atoms with van der Waals surface area (Å²) < 4.78 is 23.5. The highest BCUT2D eigenvalue weighted by Gasteiger charge is 2.53. The van der Waals surface area contributed by atoms with Gasteiger partial charge in [0.05, 0.1) is 19.8 Å². The van der Waals surface area contributed by atoms with E-state index in [4.69, 9.17) is 18.6 Å². The Morgan fingerprint density at radius 3 is 2.31 bits per heavy atom.